The number of para-hydroxylation sites is 1. The normalized spacial score (nSPS) is 14.8. The van der Waals surface area contributed by atoms with Gasteiger partial charge in [-0.2, -0.15) is 5.10 Å². The Morgan fingerprint density at radius 3 is 2.67 bits per heavy atom. The van der Waals surface area contributed by atoms with Gasteiger partial charge >= 0.3 is 5.69 Å². The molecule has 0 aliphatic carbocycles. The Morgan fingerprint density at radius 2 is 1.96 bits per heavy atom. The summed E-state index contributed by atoms with van der Waals surface area (Å²) >= 11 is 0. The van der Waals surface area contributed by atoms with Crippen molar-refractivity contribution in [3.8, 4) is 5.75 Å². The molecule has 1 aromatic carbocycles. The standard InChI is InChI=1S/C18H23N5O4/c1-13-16(23(25)26)17(20(2)19-13)21-9-6-10-22(12-11-21)18(24)14-7-4-5-8-15(14)27-3/h4-5,7-8H,6,9-12H2,1-3H3. The molecule has 1 fully saturated rings. The minimum absolute atomic E-state index is 0.0296. The topological polar surface area (TPSA) is 93.7 Å². The zero-order valence-electron chi connectivity index (χ0n) is 15.7. The smallest absolute Gasteiger partial charge is 0.333 e. The molecule has 1 aromatic heterocycles. The highest BCUT2D eigenvalue weighted by Gasteiger charge is 2.30. The van der Waals surface area contributed by atoms with Crippen molar-refractivity contribution in [3.63, 3.8) is 0 Å². The molecule has 1 amide bonds. The Bertz CT molecular complexity index is 863. The van der Waals surface area contributed by atoms with Crippen LogP contribution < -0.4 is 9.64 Å². The van der Waals surface area contributed by atoms with Crippen LogP contribution in [0.25, 0.3) is 0 Å². The molecule has 2 aromatic rings. The first-order chi connectivity index (χ1) is 12.9. The number of hydrogen-bond donors (Lipinski definition) is 0. The molecule has 9 nitrogen and oxygen atoms in total. The van der Waals surface area contributed by atoms with Gasteiger partial charge in [-0.25, -0.2) is 4.68 Å². The van der Waals surface area contributed by atoms with Crippen molar-refractivity contribution >= 4 is 17.4 Å². The molecule has 144 valence electrons. The minimum Gasteiger partial charge on any atom is -0.496 e. The van der Waals surface area contributed by atoms with Crippen LogP contribution in [-0.4, -0.2) is 58.8 Å². The third-order valence-corrected chi connectivity index (χ3v) is 4.76. The van der Waals surface area contributed by atoms with E-state index in [0.717, 1.165) is 0 Å². The predicted octanol–water partition coefficient (Wildman–Crippen LogP) is 2.00. The second-order valence-electron chi connectivity index (χ2n) is 6.47. The third kappa shape index (κ3) is 3.57. The third-order valence-electron chi connectivity index (χ3n) is 4.76. The number of hydrogen-bond acceptors (Lipinski definition) is 6. The Kier molecular flexibility index (Phi) is 5.29. The van der Waals surface area contributed by atoms with Crippen LogP contribution in [0.5, 0.6) is 5.75 Å². The average molecular weight is 373 g/mol. The molecule has 0 bridgehead atoms. The van der Waals surface area contributed by atoms with E-state index in [2.05, 4.69) is 5.10 Å². The van der Waals surface area contributed by atoms with Crippen molar-refractivity contribution in [2.45, 2.75) is 13.3 Å². The van der Waals surface area contributed by atoms with Crippen molar-refractivity contribution in [2.24, 2.45) is 7.05 Å². The quantitative estimate of drug-likeness (QED) is 0.601. The molecular formula is C18H23N5O4. The van der Waals surface area contributed by atoms with E-state index in [1.807, 2.05) is 17.0 Å². The van der Waals surface area contributed by atoms with E-state index in [0.29, 0.717) is 55.4 Å². The molecular weight excluding hydrogens is 350 g/mol. The van der Waals surface area contributed by atoms with Gasteiger partial charge in [0.25, 0.3) is 5.91 Å². The second kappa shape index (κ2) is 7.65. The van der Waals surface area contributed by atoms with E-state index in [-0.39, 0.29) is 16.5 Å². The fourth-order valence-electron chi connectivity index (χ4n) is 3.53. The highest BCUT2D eigenvalue weighted by Crippen LogP contribution is 2.31. The summed E-state index contributed by atoms with van der Waals surface area (Å²) < 4.78 is 6.84. The lowest BCUT2D eigenvalue weighted by Gasteiger charge is -2.23. The van der Waals surface area contributed by atoms with Crippen LogP contribution in [0.1, 0.15) is 22.5 Å². The van der Waals surface area contributed by atoms with Gasteiger partial charge in [-0.05, 0) is 25.5 Å². The summed E-state index contributed by atoms with van der Waals surface area (Å²) in [5, 5.41) is 15.7. The highest BCUT2D eigenvalue weighted by atomic mass is 16.6. The monoisotopic (exact) mass is 373 g/mol. The Hall–Kier alpha value is -3.10. The van der Waals surface area contributed by atoms with Crippen molar-refractivity contribution in [1.29, 1.82) is 0 Å². The van der Waals surface area contributed by atoms with Gasteiger partial charge in [-0.15, -0.1) is 0 Å². The lowest BCUT2D eigenvalue weighted by atomic mass is 10.1. The second-order valence-corrected chi connectivity index (χ2v) is 6.47. The Labute approximate surface area is 157 Å². The number of ether oxygens (including phenoxy) is 1. The van der Waals surface area contributed by atoms with Crippen LogP contribution in [0.2, 0.25) is 0 Å². The fraction of sp³-hybridized carbons (Fsp3) is 0.444. The van der Waals surface area contributed by atoms with Gasteiger partial charge in [0.05, 0.1) is 17.6 Å². The summed E-state index contributed by atoms with van der Waals surface area (Å²) in [6, 6.07) is 7.14. The zero-order valence-corrected chi connectivity index (χ0v) is 15.7. The first kappa shape index (κ1) is 18.7. The van der Waals surface area contributed by atoms with E-state index in [1.165, 1.54) is 0 Å². The zero-order chi connectivity index (χ0) is 19.6. The lowest BCUT2D eigenvalue weighted by molar-refractivity contribution is -0.384. The molecule has 0 radical (unpaired) electrons. The minimum atomic E-state index is -0.389. The molecule has 1 aliphatic rings. The molecule has 1 saturated heterocycles. The lowest BCUT2D eigenvalue weighted by Crippen LogP contribution is -2.36. The number of benzene rings is 1. The van der Waals surface area contributed by atoms with Crippen molar-refractivity contribution in [3.05, 3.63) is 45.6 Å². The average Bonchev–Trinajstić information content (AvgIpc) is 2.82. The maximum absolute atomic E-state index is 12.9. The number of amides is 1. The molecule has 2 heterocycles. The molecule has 9 heteroatoms. The van der Waals surface area contributed by atoms with Crippen LogP contribution >= 0.6 is 0 Å². The number of carbonyl (C=O) groups excluding carboxylic acids is 1. The largest absolute Gasteiger partial charge is 0.496 e. The molecule has 27 heavy (non-hydrogen) atoms. The number of methoxy groups -OCH3 is 1. The summed E-state index contributed by atoms with van der Waals surface area (Å²) in [7, 11) is 3.25. The molecule has 0 unspecified atom stereocenters. The predicted molar refractivity (Wildman–Crippen MR) is 100 cm³/mol. The molecule has 3 rings (SSSR count). The van der Waals surface area contributed by atoms with Gasteiger partial charge in [0.1, 0.15) is 11.4 Å². The van der Waals surface area contributed by atoms with Crippen LogP contribution in [0.3, 0.4) is 0 Å². The summed E-state index contributed by atoms with van der Waals surface area (Å²) in [6.07, 6.45) is 0.711. The first-order valence-corrected chi connectivity index (χ1v) is 8.79. The fourth-order valence-corrected chi connectivity index (χ4v) is 3.53. The van der Waals surface area contributed by atoms with E-state index in [1.54, 1.807) is 42.8 Å². The van der Waals surface area contributed by atoms with Crippen molar-refractivity contribution < 1.29 is 14.5 Å². The molecule has 0 N–H and O–H groups in total. The number of anilines is 1. The SMILES string of the molecule is COc1ccccc1C(=O)N1CCCN(c2c([N+](=O)[O-])c(C)nn2C)CC1. The van der Waals surface area contributed by atoms with Gasteiger partial charge in [0, 0.05) is 33.2 Å². The van der Waals surface area contributed by atoms with Crippen LogP contribution in [0.4, 0.5) is 11.5 Å². The van der Waals surface area contributed by atoms with Crippen molar-refractivity contribution in [1.82, 2.24) is 14.7 Å². The number of nitro groups is 1. The number of rotatable bonds is 4. The first-order valence-electron chi connectivity index (χ1n) is 8.79. The Morgan fingerprint density at radius 1 is 1.22 bits per heavy atom. The summed E-state index contributed by atoms with van der Waals surface area (Å²) in [5.41, 5.74) is 0.946. The molecule has 0 spiro atoms. The van der Waals surface area contributed by atoms with Gasteiger partial charge in [0.2, 0.25) is 5.82 Å². The van der Waals surface area contributed by atoms with Gasteiger partial charge in [-0.1, -0.05) is 12.1 Å². The van der Waals surface area contributed by atoms with Gasteiger partial charge in [0.15, 0.2) is 0 Å². The van der Waals surface area contributed by atoms with E-state index in [4.69, 9.17) is 4.74 Å². The van der Waals surface area contributed by atoms with Crippen LogP contribution in [-0.2, 0) is 7.05 Å². The summed E-state index contributed by atoms with van der Waals surface area (Å²) in [6.45, 7) is 3.81. The number of aromatic nitrogens is 2. The van der Waals surface area contributed by atoms with Crippen molar-refractivity contribution in [2.75, 3.05) is 38.2 Å². The Balaban J connectivity index is 1.81. The summed E-state index contributed by atoms with van der Waals surface area (Å²) in [5.74, 6) is 0.940. The number of aryl methyl sites for hydroxylation is 2. The maximum atomic E-state index is 12.9. The molecule has 0 atom stereocenters. The van der Waals surface area contributed by atoms with E-state index < -0.39 is 0 Å². The molecule has 0 saturated carbocycles. The van der Waals surface area contributed by atoms with Crippen LogP contribution in [0.15, 0.2) is 24.3 Å². The van der Waals surface area contributed by atoms with Gasteiger partial charge < -0.3 is 14.5 Å². The van der Waals surface area contributed by atoms with E-state index >= 15 is 0 Å². The number of nitrogens with zero attached hydrogens (tertiary/aromatic N) is 5. The van der Waals surface area contributed by atoms with E-state index in [9.17, 15) is 14.9 Å². The van der Waals surface area contributed by atoms with Crippen LogP contribution in [0, 0.1) is 17.0 Å². The van der Waals surface area contributed by atoms with Gasteiger partial charge in [-0.3, -0.25) is 14.9 Å². The molecule has 1 aliphatic heterocycles. The summed E-state index contributed by atoms with van der Waals surface area (Å²) in [4.78, 5) is 27.7. The maximum Gasteiger partial charge on any atom is 0.333 e. The highest BCUT2D eigenvalue weighted by molar-refractivity contribution is 5.97. The number of carbonyl (C=O) groups is 1.